The van der Waals surface area contributed by atoms with Gasteiger partial charge < -0.3 is 10.2 Å². The number of aromatic hydroxyl groups is 1. The Morgan fingerprint density at radius 3 is 2.67 bits per heavy atom. The molecule has 0 atom stereocenters. The molecule has 0 saturated carbocycles. The number of phenols is 1. The fraction of sp³-hybridized carbons (Fsp3) is 0.111. The molecule has 0 bridgehead atoms. The van der Waals surface area contributed by atoms with E-state index in [-0.39, 0.29) is 17.4 Å². The summed E-state index contributed by atoms with van der Waals surface area (Å²) in [5.41, 5.74) is 4.32. The van der Waals surface area contributed by atoms with Gasteiger partial charge in [0.05, 0.1) is 17.8 Å². The summed E-state index contributed by atoms with van der Waals surface area (Å²) in [5, 5.41) is 22.0. The number of amides is 1. The summed E-state index contributed by atoms with van der Waals surface area (Å²) in [6.45, 7) is 0.0453. The fourth-order valence-corrected chi connectivity index (χ4v) is 1.93. The minimum atomic E-state index is -0.431. The number of rotatable bonds is 4. The highest BCUT2D eigenvalue weighted by molar-refractivity contribution is 6.32. The lowest BCUT2D eigenvalue weighted by molar-refractivity contribution is 0.0955. The average molecular weight is 343 g/mol. The Balaban J connectivity index is 1.95. The smallest absolute Gasteiger partial charge is 0.271 e. The number of aliphatic hydroxyl groups excluding tert-OH is 1. The molecular weight excluding hydrogens is 328 g/mol. The number of hydrogen-bond donors (Lipinski definition) is 3. The maximum Gasteiger partial charge on any atom is 0.271 e. The fourth-order valence-electron chi connectivity index (χ4n) is 1.75. The first kappa shape index (κ1) is 17.5. The third-order valence-corrected chi connectivity index (χ3v) is 3.27. The standard InChI is InChI=1S/C18H15ClN2O3/c19-16-11-15(8-9-17(16)23)18(24)21-20-12-14-6-4-13(5-7-14)3-1-2-10-22/h4-9,11-12,22-23H,2,10H2,(H,21,24). The number of benzene rings is 2. The summed E-state index contributed by atoms with van der Waals surface area (Å²) in [7, 11) is 0. The van der Waals surface area contributed by atoms with Crippen molar-refractivity contribution in [3.63, 3.8) is 0 Å². The number of aliphatic hydroxyl groups is 1. The van der Waals surface area contributed by atoms with Crippen LogP contribution in [0.4, 0.5) is 0 Å². The molecule has 2 aromatic carbocycles. The van der Waals surface area contributed by atoms with E-state index in [9.17, 15) is 9.90 Å². The van der Waals surface area contributed by atoms with E-state index in [1.807, 2.05) is 24.3 Å². The van der Waals surface area contributed by atoms with Crippen LogP contribution in [-0.2, 0) is 0 Å². The Kier molecular flexibility index (Phi) is 6.38. The van der Waals surface area contributed by atoms with E-state index in [0.717, 1.165) is 11.1 Å². The van der Waals surface area contributed by atoms with Gasteiger partial charge in [-0.25, -0.2) is 5.43 Å². The summed E-state index contributed by atoms with van der Waals surface area (Å²) in [4.78, 5) is 11.9. The molecule has 0 aliphatic rings. The highest BCUT2D eigenvalue weighted by Crippen LogP contribution is 2.23. The van der Waals surface area contributed by atoms with E-state index in [0.29, 0.717) is 12.0 Å². The first-order chi connectivity index (χ1) is 11.6. The third-order valence-electron chi connectivity index (χ3n) is 2.97. The van der Waals surface area contributed by atoms with Crippen molar-refractivity contribution in [2.45, 2.75) is 6.42 Å². The van der Waals surface area contributed by atoms with Crippen LogP contribution in [0.5, 0.6) is 5.75 Å². The van der Waals surface area contributed by atoms with Crippen molar-refractivity contribution in [1.29, 1.82) is 0 Å². The molecule has 0 aliphatic heterocycles. The van der Waals surface area contributed by atoms with Gasteiger partial charge in [-0.1, -0.05) is 35.6 Å². The minimum Gasteiger partial charge on any atom is -0.506 e. The van der Waals surface area contributed by atoms with Crippen LogP contribution in [-0.4, -0.2) is 28.9 Å². The monoisotopic (exact) mass is 342 g/mol. The molecule has 24 heavy (non-hydrogen) atoms. The topological polar surface area (TPSA) is 81.9 Å². The number of nitrogens with zero attached hydrogens (tertiary/aromatic N) is 1. The van der Waals surface area contributed by atoms with E-state index < -0.39 is 5.91 Å². The molecule has 122 valence electrons. The van der Waals surface area contributed by atoms with Crippen LogP contribution in [0.1, 0.15) is 27.9 Å². The number of phenolic OH excluding ortho intramolecular Hbond substituents is 1. The predicted octanol–water partition coefficient (Wildman–Crippen LogP) is 2.54. The highest BCUT2D eigenvalue weighted by Gasteiger charge is 2.07. The van der Waals surface area contributed by atoms with E-state index in [1.54, 1.807) is 0 Å². The second-order valence-corrected chi connectivity index (χ2v) is 5.17. The molecule has 5 nitrogen and oxygen atoms in total. The lowest BCUT2D eigenvalue weighted by atomic mass is 10.1. The second-order valence-electron chi connectivity index (χ2n) is 4.76. The number of carbonyl (C=O) groups excluding carboxylic acids is 1. The highest BCUT2D eigenvalue weighted by atomic mass is 35.5. The molecule has 3 N–H and O–H groups in total. The number of nitrogens with one attached hydrogen (secondary N) is 1. The quantitative estimate of drug-likeness (QED) is 0.453. The van der Waals surface area contributed by atoms with Crippen molar-refractivity contribution >= 4 is 23.7 Å². The summed E-state index contributed by atoms with van der Waals surface area (Å²) in [5.74, 6) is 5.24. The molecule has 0 aliphatic carbocycles. The van der Waals surface area contributed by atoms with Crippen LogP contribution in [0.15, 0.2) is 47.6 Å². The molecule has 0 fully saturated rings. The molecule has 0 unspecified atom stereocenters. The maximum absolute atomic E-state index is 11.9. The lowest BCUT2D eigenvalue weighted by Crippen LogP contribution is -2.17. The number of hydrogen-bond acceptors (Lipinski definition) is 4. The maximum atomic E-state index is 11.9. The molecule has 0 spiro atoms. The first-order valence-corrected chi connectivity index (χ1v) is 7.49. The van der Waals surface area contributed by atoms with Crippen LogP contribution >= 0.6 is 11.6 Å². The predicted molar refractivity (Wildman–Crippen MR) is 93.2 cm³/mol. The molecule has 1 amide bonds. The third kappa shape index (κ3) is 5.13. The summed E-state index contributed by atoms with van der Waals surface area (Å²) in [6, 6.07) is 11.4. The van der Waals surface area contributed by atoms with Gasteiger partial charge in [0.1, 0.15) is 5.75 Å². The van der Waals surface area contributed by atoms with Gasteiger partial charge in [-0.3, -0.25) is 4.79 Å². The van der Waals surface area contributed by atoms with E-state index in [1.165, 1.54) is 24.4 Å². The Bertz CT molecular complexity index is 805. The molecule has 0 heterocycles. The van der Waals surface area contributed by atoms with E-state index in [2.05, 4.69) is 22.4 Å². The van der Waals surface area contributed by atoms with E-state index >= 15 is 0 Å². The zero-order valence-electron chi connectivity index (χ0n) is 12.7. The van der Waals surface area contributed by atoms with Crippen LogP contribution in [0, 0.1) is 11.8 Å². The van der Waals surface area contributed by atoms with Crippen LogP contribution < -0.4 is 5.43 Å². The van der Waals surface area contributed by atoms with Gasteiger partial charge in [0, 0.05) is 17.5 Å². The van der Waals surface area contributed by atoms with Gasteiger partial charge in [-0.15, -0.1) is 0 Å². The van der Waals surface area contributed by atoms with Crippen molar-refractivity contribution in [1.82, 2.24) is 5.43 Å². The Labute approximate surface area is 144 Å². The molecule has 2 aromatic rings. The van der Waals surface area contributed by atoms with Crippen molar-refractivity contribution in [3.05, 3.63) is 64.2 Å². The summed E-state index contributed by atoms with van der Waals surface area (Å²) >= 11 is 5.75. The first-order valence-electron chi connectivity index (χ1n) is 7.12. The van der Waals surface area contributed by atoms with Gasteiger partial charge in [-0.2, -0.15) is 5.10 Å². The Morgan fingerprint density at radius 2 is 2.00 bits per heavy atom. The van der Waals surface area contributed by atoms with Crippen molar-refractivity contribution < 1.29 is 15.0 Å². The second kappa shape index (κ2) is 8.73. The number of hydrazone groups is 1. The largest absolute Gasteiger partial charge is 0.506 e. The van der Waals surface area contributed by atoms with Crippen molar-refractivity contribution in [2.24, 2.45) is 5.10 Å². The van der Waals surface area contributed by atoms with Crippen LogP contribution in [0.25, 0.3) is 0 Å². The van der Waals surface area contributed by atoms with Gasteiger partial charge >= 0.3 is 0 Å². The Hall–Kier alpha value is -2.81. The van der Waals surface area contributed by atoms with Gasteiger partial charge in [-0.05, 0) is 35.9 Å². The van der Waals surface area contributed by atoms with Gasteiger partial charge in [0.15, 0.2) is 0 Å². The molecule has 0 radical (unpaired) electrons. The van der Waals surface area contributed by atoms with E-state index in [4.69, 9.17) is 16.7 Å². The molecule has 0 aromatic heterocycles. The number of halogens is 1. The van der Waals surface area contributed by atoms with Gasteiger partial charge in [0.25, 0.3) is 5.91 Å². The minimum absolute atomic E-state index is 0.0453. The average Bonchev–Trinajstić information content (AvgIpc) is 2.59. The van der Waals surface area contributed by atoms with Crippen molar-refractivity contribution in [3.8, 4) is 17.6 Å². The summed E-state index contributed by atoms with van der Waals surface area (Å²) in [6.07, 6.45) is 1.95. The molecule has 2 rings (SSSR count). The lowest BCUT2D eigenvalue weighted by Gasteiger charge is -2.02. The number of carbonyl (C=O) groups is 1. The zero-order chi connectivity index (χ0) is 17.4. The van der Waals surface area contributed by atoms with Crippen LogP contribution in [0.2, 0.25) is 5.02 Å². The van der Waals surface area contributed by atoms with Crippen LogP contribution in [0.3, 0.4) is 0 Å². The zero-order valence-corrected chi connectivity index (χ0v) is 13.4. The van der Waals surface area contributed by atoms with Gasteiger partial charge in [0.2, 0.25) is 0 Å². The molecular formula is C18H15ClN2O3. The Morgan fingerprint density at radius 1 is 1.25 bits per heavy atom. The molecule has 0 saturated heterocycles. The summed E-state index contributed by atoms with van der Waals surface area (Å²) < 4.78 is 0. The normalized spacial score (nSPS) is 10.2. The van der Waals surface area contributed by atoms with Crippen molar-refractivity contribution in [2.75, 3.05) is 6.61 Å². The molecule has 6 heteroatoms. The SMILES string of the molecule is O=C(NN=Cc1ccc(C#CCCO)cc1)c1ccc(O)c(Cl)c1.